The van der Waals surface area contributed by atoms with Crippen LogP contribution in [0.15, 0.2) is 18.2 Å². The highest BCUT2D eigenvalue weighted by Crippen LogP contribution is 2.28. The van der Waals surface area contributed by atoms with Crippen LogP contribution in [0.3, 0.4) is 0 Å². The lowest BCUT2D eigenvalue weighted by Gasteiger charge is -2.14. The Balaban J connectivity index is 2.37. The van der Waals surface area contributed by atoms with Crippen molar-refractivity contribution in [2.75, 3.05) is 17.2 Å². The van der Waals surface area contributed by atoms with Crippen molar-refractivity contribution in [2.45, 2.75) is 27.2 Å². The van der Waals surface area contributed by atoms with E-state index in [2.05, 4.69) is 20.6 Å². The zero-order valence-corrected chi connectivity index (χ0v) is 13.8. The topological polar surface area (TPSA) is 49.8 Å². The first-order valence-electron chi connectivity index (χ1n) is 6.88. The molecule has 0 unspecified atom stereocenters. The van der Waals surface area contributed by atoms with Gasteiger partial charge < -0.3 is 10.6 Å². The molecule has 2 rings (SSSR count). The van der Waals surface area contributed by atoms with E-state index < -0.39 is 0 Å². The van der Waals surface area contributed by atoms with Gasteiger partial charge >= 0.3 is 0 Å². The van der Waals surface area contributed by atoms with E-state index >= 15 is 0 Å². The van der Waals surface area contributed by atoms with Crippen molar-refractivity contribution in [1.82, 2.24) is 9.97 Å². The number of hydrogen-bond donors (Lipinski definition) is 2. The molecule has 1 aromatic carbocycles. The van der Waals surface area contributed by atoms with Crippen molar-refractivity contribution in [2.24, 2.45) is 0 Å². The molecule has 0 bridgehead atoms. The summed E-state index contributed by atoms with van der Waals surface area (Å²) >= 11 is 12.0. The standard InChI is InChI=1S/C15H18Cl2N4/c1-4-13-20-14(18-5-2)9(3)15(21-13)19-10-6-7-11(16)12(17)8-10/h6-8H,4-5H2,1-3H3,(H2,18,19,20,21). The molecule has 2 aromatic rings. The molecule has 6 heteroatoms. The van der Waals surface area contributed by atoms with Gasteiger partial charge in [-0.1, -0.05) is 30.1 Å². The van der Waals surface area contributed by atoms with Gasteiger partial charge in [0, 0.05) is 24.2 Å². The molecule has 0 radical (unpaired) electrons. The van der Waals surface area contributed by atoms with E-state index in [1.165, 1.54) is 0 Å². The van der Waals surface area contributed by atoms with Gasteiger partial charge in [-0.15, -0.1) is 0 Å². The number of nitrogens with one attached hydrogen (secondary N) is 2. The molecule has 0 fully saturated rings. The summed E-state index contributed by atoms with van der Waals surface area (Å²) in [6.45, 7) is 6.87. The van der Waals surface area contributed by atoms with Crippen molar-refractivity contribution in [3.05, 3.63) is 39.6 Å². The van der Waals surface area contributed by atoms with Crippen molar-refractivity contribution in [1.29, 1.82) is 0 Å². The molecular weight excluding hydrogens is 307 g/mol. The molecule has 1 heterocycles. The van der Waals surface area contributed by atoms with Crippen LogP contribution in [0.5, 0.6) is 0 Å². The molecule has 0 atom stereocenters. The lowest BCUT2D eigenvalue weighted by atomic mass is 10.2. The molecule has 4 nitrogen and oxygen atoms in total. The average Bonchev–Trinajstić information content (AvgIpc) is 2.47. The lowest BCUT2D eigenvalue weighted by molar-refractivity contribution is 0.930. The molecule has 112 valence electrons. The van der Waals surface area contributed by atoms with E-state index in [9.17, 15) is 0 Å². The summed E-state index contributed by atoms with van der Waals surface area (Å²) in [4.78, 5) is 9.05. The fourth-order valence-electron chi connectivity index (χ4n) is 1.89. The molecule has 2 N–H and O–H groups in total. The van der Waals surface area contributed by atoms with Crippen molar-refractivity contribution in [3.63, 3.8) is 0 Å². The van der Waals surface area contributed by atoms with Gasteiger partial charge in [-0.25, -0.2) is 9.97 Å². The minimum atomic E-state index is 0.510. The van der Waals surface area contributed by atoms with Crippen molar-refractivity contribution < 1.29 is 0 Å². The van der Waals surface area contributed by atoms with Gasteiger partial charge in [0.1, 0.15) is 17.5 Å². The van der Waals surface area contributed by atoms with Crippen LogP contribution >= 0.6 is 23.2 Å². The van der Waals surface area contributed by atoms with E-state index in [0.717, 1.165) is 41.7 Å². The number of aromatic nitrogens is 2. The number of aryl methyl sites for hydroxylation is 1. The summed E-state index contributed by atoms with van der Waals surface area (Å²) in [5.41, 5.74) is 1.82. The second kappa shape index (κ2) is 6.96. The minimum Gasteiger partial charge on any atom is -0.370 e. The van der Waals surface area contributed by atoms with Crippen LogP contribution in [0.4, 0.5) is 17.3 Å². The normalized spacial score (nSPS) is 10.5. The number of nitrogens with zero attached hydrogens (tertiary/aromatic N) is 2. The molecule has 0 aliphatic heterocycles. The molecule has 0 spiro atoms. The molecule has 0 saturated heterocycles. The van der Waals surface area contributed by atoms with E-state index in [0.29, 0.717) is 10.0 Å². The molecule has 1 aromatic heterocycles. The van der Waals surface area contributed by atoms with Crippen LogP contribution < -0.4 is 10.6 Å². The molecular formula is C15H18Cl2N4. The predicted octanol–water partition coefficient (Wildman–Crippen LogP) is 4.83. The molecule has 0 aliphatic carbocycles. The van der Waals surface area contributed by atoms with Gasteiger partial charge in [-0.05, 0) is 32.0 Å². The van der Waals surface area contributed by atoms with Crippen LogP contribution in [0, 0.1) is 6.92 Å². The van der Waals surface area contributed by atoms with Crippen LogP contribution in [0.1, 0.15) is 25.2 Å². The summed E-state index contributed by atoms with van der Waals surface area (Å²) in [5.74, 6) is 2.42. The van der Waals surface area contributed by atoms with E-state index in [1.807, 2.05) is 26.8 Å². The van der Waals surface area contributed by atoms with Gasteiger partial charge in [0.2, 0.25) is 0 Å². The van der Waals surface area contributed by atoms with Crippen LogP contribution in [0.2, 0.25) is 10.0 Å². The second-order valence-electron chi connectivity index (χ2n) is 4.60. The fraction of sp³-hybridized carbons (Fsp3) is 0.333. The Morgan fingerprint density at radius 2 is 1.76 bits per heavy atom. The number of hydrogen-bond acceptors (Lipinski definition) is 4. The Morgan fingerprint density at radius 3 is 2.38 bits per heavy atom. The zero-order valence-electron chi connectivity index (χ0n) is 12.3. The Labute approximate surface area is 134 Å². The zero-order chi connectivity index (χ0) is 15.4. The summed E-state index contributed by atoms with van der Waals surface area (Å²) < 4.78 is 0. The highest BCUT2D eigenvalue weighted by molar-refractivity contribution is 6.42. The Bertz CT molecular complexity index is 644. The van der Waals surface area contributed by atoms with Crippen LogP contribution in [0.25, 0.3) is 0 Å². The Morgan fingerprint density at radius 1 is 1.05 bits per heavy atom. The highest BCUT2D eigenvalue weighted by Gasteiger charge is 2.10. The second-order valence-corrected chi connectivity index (χ2v) is 5.41. The fourth-order valence-corrected chi connectivity index (χ4v) is 2.19. The average molecular weight is 325 g/mol. The SMILES string of the molecule is CCNc1nc(CC)nc(Nc2ccc(Cl)c(Cl)c2)c1C. The van der Waals surface area contributed by atoms with Gasteiger partial charge in [-0.2, -0.15) is 0 Å². The van der Waals surface area contributed by atoms with Gasteiger partial charge in [0.25, 0.3) is 0 Å². The summed E-state index contributed by atoms with van der Waals surface area (Å²) in [5, 5.41) is 7.58. The number of rotatable bonds is 5. The first-order chi connectivity index (χ1) is 10.0. The maximum absolute atomic E-state index is 6.04. The predicted molar refractivity (Wildman–Crippen MR) is 90.1 cm³/mol. The molecule has 0 aliphatic rings. The first-order valence-corrected chi connectivity index (χ1v) is 7.64. The van der Waals surface area contributed by atoms with Gasteiger partial charge in [0.15, 0.2) is 0 Å². The molecule has 0 saturated carbocycles. The monoisotopic (exact) mass is 324 g/mol. The van der Waals surface area contributed by atoms with Crippen molar-refractivity contribution >= 4 is 40.5 Å². The number of anilines is 3. The third kappa shape index (κ3) is 3.77. The largest absolute Gasteiger partial charge is 0.370 e. The number of benzene rings is 1. The molecule has 21 heavy (non-hydrogen) atoms. The third-order valence-electron chi connectivity index (χ3n) is 3.03. The summed E-state index contributed by atoms with van der Waals surface area (Å²) in [7, 11) is 0. The highest BCUT2D eigenvalue weighted by atomic mass is 35.5. The Hall–Kier alpha value is -1.52. The Kier molecular flexibility index (Phi) is 5.26. The quantitative estimate of drug-likeness (QED) is 0.827. The van der Waals surface area contributed by atoms with Crippen molar-refractivity contribution in [3.8, 4) is 0 Å². The number of halogens is 2. The van der Waals surface area contributed by atoms with Crippen LogP contribution in [-0.4, -0.2) is 16.5 Å². The van der Waals surface area contributed by atoms with Crippen LogP contribution in [-0.2, 0) is 6.42 Å². The molecule has 0 amide bonds. The van der Waals surface area contributed by atoms with E-state index in [-0.39, 0.29) is 0 Å². The van der Waals surface area contributed by atoms with Gasteiger partial charge in [0.05, 0.1) is 10.0 Å². The smallest absolute Gasteiger partial charge is 0.139 e. The lowest BCUT2D eigenvalue weighted by Crippen LogP contribution is -2.09. The van der Waals surface area contributed by atoms with E-state index in [1.54, 1.807) is 12.1 Å². The third-order valence-corrected chi connectivity index (χ3v) is 3.77. The summed E-state index contributed by atoms with van der Waals surface area (Å²) in [6.07, 6.45) is 0.773. The summed E-state index contributed by atoms with van der Waals surface area (Å²) in [6, 6.07) is 5.41. The van der Waals surface area contributed by atoms with E-state index in [4.69, 9.17) is 23.2 Å². The van der Waals surface area contributed by atoms with Gasteiger partial charge in [-0.3, -0.25) is 0 Å². The maximum atomic E-state index is 6.04. The first kappa shape index (κ1) is 15.9. The minimum absolute atomic E-state index is 0.510. The maximum Gasteiger partial charge on any atom is 0.139 e.